The van der Waals surface area contributed by atoms with Gasteiger partial charge in [-0.15, -0.1) is 11.3 Å². The number of methoxy groups -OCH3 is 1. The lowest BCUT2D eigenvalue weighted by molar-refractivity contribution is 0.413. The van der Waals surface area contributed by atoms with Crippen LogP contribution in [-0.4, -0.2) is 25.1 Å². The van der Waals surface area contributed by atoms with Crippen LogP contribution in [0.5, 0.6) is 5.75 Å². The number of rotatable bonds is 6. The third kappa shape index (κ3) is 4.07. The summed E-state index contributed by atoms with van der Waals surface area (Å²) in [4.78, 5) is 4.20. The minimum Gasteiger partial charge on any atom is -0.494 e. The molecule has 0 spiro atoms. The van der Waals surface area contributed by atoms with E-state index in [-0.39, 0.29) is 10.0 Å². The molecule has 2 aromatic carbocycles. The van der Waals surface area contributed by atoms with Crippen molar-refractivity contribution in [1.29, 1.82) is 0 Å². The predicted molar refractivity (Wildman–Crippen MR) is 115 cm³/mol. The van der Waals surface area contributed by atoms with Gasteiger partial charge in [-0.2, -0.15) is 0 Å². The molecule has 0 fully saturated rings. The van der Waals surface area contributed by atoms with Gasteiger partial charge in [-0.1, -0.05) is 12.1 Å². The average Bonchev–Trinajstić information content (AvgIpc) is 3.38. The van der Waals surface area contributed by atoms with E-state index in [1.54, 1.807) is 52.7 Å². The van der Waals surface area contributed by atoms with Crippen molar-refractivity contribution < 1.29 is 17.5 Å². The second-order valence-corrected chi connectivity index (χ2v) is 9.40. The van der Waals surface area contributed by atoms with Gasteiger partial charge in [0.2, 0.25) is 0 Å². The van der Waals surface area contributed by atoms with E-state index in [2.05, 4.69) is 9.71 Å². The standard InChI is InChI=1S/C21H18FN3O3S2/c1-14-11-25(13-23-14)19-8-7-18(10-20(19)28-2)24-30(26,27)21-9-16(12-29-21)15-3-5-17(22)6-4-15/h3-13,24H,1-2H3. The maximum absolute atomic E-state index is 13.1. The third-order valence-corrected chi connectivity index (χ3v) is 7.26. The highest BCUT2D eigenvalue weighted by molar-refractivity contribution is 7.94. The van der Waals surface area contributed by atoms with Crippen LogP contribution in [0.25, 0.3) is 16.8 Å². The molecule has 0 unspecified atom stereocenters. The smallest absolute Gasteiger partial charge is 0.271 e. The Hall–Kier alpha value is -3.17. The van der Waals surface area contributed by atoms with Gasteiger partial charge in [-0.3, -0.25) is 4.72 Å². The molecule has 2 aromatic heterocycles. The molecule has 0 aliphatic carbocycles. The first-order chi connectivity index (χ1) is 14.4. The van der Waals surface area contributed by atoms with Gasteiger partial charge < -0.3 is 9.30 Å². The first-order valence-electron chi connectivity index (χ1n) is 8.92. The normalized spacial score (nSPS) is 11.4. The SMILES string of the molecule is COc1cc(NS(=O)(=O)c2cc(-c3ccc(F)cc3)cs2)ccc1-n1cnc(C)c1. The molecule has 1 N–H and O–H groups in total. The van der Waals surface area contributed by atoms with Crippen molar-refractivity contribution in [2.24, 2.45) is 0 Å². The van der Waals surface area contributed by atoms with Crippen molar-refractivity contribution in [2.45, 2.75) is 11.1 Å². The largest absolute Gasteiger partial charge is 0.494 e. The zero-order valence-electron chi connectivity index (χ0n) is 16.2. The zero-order valence-corrected chi connectivity index (χ0v) is 17.8. The lowest BCUT2D eigenvalue weighted by atomic mass is 10.1. The number of benzene rings is 2. The monoisotopic (exact) mass is 443 g/mol. The van der Waals surface area contributed by atoms with Crippen molar-refractivity contribution >= 4 is 27.0 Å². The molecule has 4 aromatic rings. The fraction of sp³-hybridized carbons (Fsp3) is 0.0952. The molecule has 0 saturated carbocycles. The minimum atomic E-state index is -3.79. The number of ether oxygens (including phenoxy) is 1. The number of nitrogens with one attached hydrogen (secondary N) is 1. The predicted octanol–water partition coefficient (Wildman–Crippen LogP) is 4.86. The summed E-state index contributed by atoms with van der Waals surface area (Å²) in [7, 11) is -2.26. The van der Waals surface area contributed by atoms with Gasteiger partial charge in [0.05, 0.1) is 30.5 Å². The van der Waals surface area contributed by atoms with E-state index in [1.807, 2.05) is 13.1 Å². The number of sulfonamides is 1. The summed E-state index contributed by atoms with van der Waals surface area (Å²) < 4.78 is 48.8. The fourth-order valence-corrected chi connectivity index (χ4v) is 5.20. The maximum Gasteiger partial charge on any atom is 0.271 e. The highest BCUT2D eigenvalue weighted by atomic mass is 32.2. The van der Waals surface area contributed by atoms with E-state index in [4.69, 9.17) is 4.74 Å². The Morgan fingerprint density at radius 3 is 2.53 bits per heavy atom. The summed E-state index contributed by atoms with van der Waals surface area (Å²) in [6, 6.07) is 12.5. The van der Waals surface area contributed by atoms with Crippen LogP contribution in [-0.2, 0) is 10.0 Å². The van der Waals surface area contributed by atoms with E-state index in [0.29, 0.717) is 17.0 Å². The number of halogens is 1. The Bertz CT molecular complexity index is 1300. The summed E-state index contributed by atoms with van der Waals surface area (Å²) in [5, 5.41) is 1.73. The van der Waals surface area contributed by atoms with Gasteiger partial charge in [-0.05, 0) is 53.8 Å². The molecular weight excluding hydrogens is 425 g/mol. The lowest BCUT2D eigenvalue weighted by Crippen LogP contribution is -2.11. The summed E-state index contributed by atoms with van der Waals surface area (Å²) in [6.45, 7) is 1.88. The number of nitrogens with zero attached hydrogens (tertiary/aromatic N) is 2. The van der Waals surface area contributed by atoms with Gasteiger partial charge in [0.25, 0.3) is 10.0 Å². The Morgan fingerprint density at radius 2 is 1.87 bits per heavy atom. The number of aryl methyl sites for hydroxylation is 1. The van der Waals surface area contributed by atoms with Gasteiger partial charge in [0.1, 0.15) is 15.8 Å². The molecule has 0 aliphatic rings. The molecule has 0 radical (unpaired) electrons. The van der Waals surface area contributed by atoms with E-state index in [0.717, 1.165) is 28.3 Å². The van der Waals surface area contributed by atoms with Crippen LogP contribution in [0.2, 0.25) is 0 Å². The molecule has 0 amide bonds. The maximum atomic E-state index is 13.1. The second kappa shape index (κ2) is 7.92. The van der Waals surface area contributed by atoms with Gasteiger partial charge in [0, 0.05) is 12.3 Å². The lowest BCUT2D eigenvalue weighted by Gasteiger charge is -2.12. The molecule has 2 heterocycles. The summed E-state index contributed by atoms with van der Waals surface area (Å²) >= 11 is 1.10. The number of thiophene rings is 1. The highest BCUT2D eigenvalue weighted by Crippen LogP contribution is 2.32. The molecule has 0 aliphatic heterocycles. The number of aromatic nitrogens is 2. The summed E-state index contributed by atoms with van der Waals surface area (Å²) in [6.07, 6.45) is 3.52. The number of anilines is 1. The van der Waals surface area contributed by atoms with Gasteiger partial charge >= 0.3 is 0 Å². The van der Waals surface area contributed by atoms with Crippen LogP contribution >= 0.6 is 11.3 Å². The molecule has 0 saturated heterocycles. The molecular formula is C21H18FN3O3S2. The van der Waals surface area contributed by atoms with Crippen molar-refractivity contribution in [2.75, 3.05) is 11.8 Å². The summed E-state index contributed by atoms with van der Waals surface area (Å²) in [5.74, 6) is 0.164. The molecule has 0 bridgehead atoms. The number of hydrogen-bond acceptors (Lipinski definition) is 5. The van der Waals surface area contributed by atoms with E-state index < -0.39 is 10.0 Å². The van der Waals surface area contributed by atoms with Crippen LogP contribution in [0, 0.1) is 12.7 Å². The fourth-order valence-electron chi connectivity index (χ4n) is 2.96. The molecule has 6 nitrogen and oxygen atoms in total. The van der Waals surface area contributed by atoms with Crippen molar-refractivity contribution in [3.05, 3.63) is 77.9 Å². The first-order valence-corrected chi connectivity index (χ1v) is 11.3. The highest BCUT2D eigenvalue weighted by Gasteiger charge is 2.19. The Morgan fingerprint density at radius 1 is 1.10 bits per heavy atom. The van der Waals surface area contributed by atoms with Crippen LogP contribution in [0.15, 0.2) is 70.6 Å². The molecule has 4 rings (SSSR count). The van der Waals surface area contributed by atoms with Crippen LogP contribution in [0.4, 0.5) is 10.1 Å². The van der Waals surface area contributed by atoms with Crippen molar-refractivity contribution in [3.63, 3.8) is 0 Å². The molecule has 0 atom stereocenters. The van der Waals surface area contributed by atoms with Crippen LogP contribution in [0.1, 0.15) is 5.69 Å². The van der Waals surface area contributed by atoms with Crippen LogP contribution < -0.4 is 9.46 Å². The minimum absolute atomic E-state index is 0.162. The van der Waals surface area contributed by atoms with Crippen LogP contribution in [0.3, 0.4) is 0 Å². The van der Waals surface area contributed by atoms with Gasteiger partial charge in [-0.25, -0.2) is 17.8 Å². The topological polar surface area (TPSA) is 73.2 Å². The zero-order chi connectivity index (χ0) is 21.3. The van der Waals surface area contributed by atoms with Gasteiger partial charge in [0.15, 0.2) is 0 Å². The Balaban J connectivity index is 1.60. The van der Waals surface area contributed by atoms with E-state index in [1.165, 1.54) is 19.2 Å². The number of imidazole rings is 1. The Labute approximate surface area is 177 Å². The quantitative estimate of drug-likeness (QED) is 0.462. The molecule has 9 heteroatoms. The number of hydrogen-bond donors (Lipinski definition) is 1. The van der Waals surface area contributed by atoms with E-state index >= 15 is 0 Å². The second-order valence-electron chi connectivity index (χ2n) is 6.58. The molecule has 154 valence electrons. The van der Waals surface area contributed by atoms with Crippen molar-refractivity contribution in [1.82, 2.24) is 9.55 Å². The first kappa shape index (κ1) is 20.1. The van der Waals surface area contributed by atoms with Crippen molar-refractivity contribution in [3.8, 4) is 22.6 Å². The Kier molecular flexibility index (Phi) is 5.31. The summed E-state index contributed by atoms with van der Waals surface area (Å²) in [5.41, 5.74) is 3.44. The molecule has 30 heavy (non-hydrogen) atoms. The third-order valence-electron chi connectivity index (χ3n) is 4.44. The average molecular weight is 444 g/mol. The van der Waals surface area contributed by atoms with E-state index in [9.17, 15) is 12.8 Å².